The van der Waals surface area contributed by atoms with Crippen LogP contribution in [0.3, 0.4) is 0 Å². The molecule has 2 aromatic carbocycles. The first-order valence-electron chi connectivity index (χ1n) is 6.74. The number of nitrogens with zero attached hydrogens (tertiary/aromatic N) is 1. The molecule has 0 saturated heterocycles. The molecule has 0 aliphatic rings. The molecule has 0 bridgehead atoms. The molecule has 0 aliphatic heterocycles. The number of rotatable bonds is 5. The van der Waals surface area contributed by atoms with Crippen LogP contribution in [-0.4, -0.2) is 24.4 Å². The number of carbonyl (C=O) groups is 1. The molecule has 2 aromatic rings. The number of thioether (sulfide) groups is 1. The van der Waals surface area contributed by atoms with Crippen LogP contribution in [0.4, 0.5) is 0 Å². The molecule has 3 heteroatoms. The van der Waals surface area contributed by atoms with Gasteiger partial charge in [0.2, 0.25) is 5.91 Å². The molecule has 0 heterocycles. The van der Waals surface area contributed by atoms with E-state index >= 15 is 0 Å². The van der Waals surface area contributed by atoms with E-state index in [1.54, 1.807) is 16.7 Å². The predicted molar refractivity (Wildman–Crippen MR) is 84.8 cm³/mol. The smallest absolute Gasteiger partial charge is 0.240 e. The number of benzene rings is 2. The van der Waals surface area contributed by atoms with Gasteiger partial charge >= 0.3 is 0 Å². The average Bonchev–Trinajstić information content (AvgIpc) is 2.53. The van der Waals surface area contributed by atoms with Crippen LogP contribution in [0.15, 0.2) is 65.6 Å². The fraction of sp³-hybridized carbons (Fsp3) is 0.235. The Kier molecular flexibility index (Phi) is 5.24. The van der Waals surface area contributed by atoms with Gasteiger partial charge in [-0.05, 0) is 24.6 Å². The van der Waals surface area contributed by atoms with Gasteiger partial charge in [-0.15, -0.1) is 11.8 Å². The molecule has 20 heavy (non-hydrogen) atoms. The van der Waals surface area contributed by atoms with Crippen molar-refractivity contribution >= 4 is 17.7 Å². The van der Waals surface area contributed by atoms with Gasteiger partial charge in [0.05, 0.1) is 0 Å². The lowest BCUT2D eigenvalue weighted by Crippen LogP contribution is -2.30. The van der Waals surface area contributed by atoms with Crippen molar-refractivity contribution in [3.63, 3.8) is 0 Å². The predicted octanol–water partition coefficient (Wildman–Crippen LogP) is 4.00. The zero-order valence-electron chi connectivity index (χ0n) is 11.8. The van der Waals surface area contributed by atoms with E-state index in [0.29, 0.717) is 0 Å². The Labute approximate surface area is 124 Å². The van der Waals surface area contributed by atoms with Crippen LogP contribution < -0.4 is 0 Å². The zero-order chi connectivity index (χ0) is 14.4. The Hall–Kier alpha value is -1.74. The third kappa shape index (κ3) is 3.64. The van der Waals surface area contributed by atoms with Gasteiger partial charge in [-0.2, -0.15) is 0 Å². The first-order valence-corrected chi connectivity index (χ1v) is 7.62. The van der Waals surface area contributed by atoms with E-state index in [4.69, 9.17) is 0 Å². The summed E-state index contributed by atoms with van der Waals surface area (Å²) in [6.07, 6.45) is 0. The number of hydrogen-bond donors (Lipinski definition) is 0. The van der Waals surface area contributed by atoms with E-state index in [2.05, 4.69) is 0 Å². The van der Waals surface area contributed by atoms with Crippen LogP contribution in [0.5, 0.6) is 0 Å². The second-order valence-electron chi connectivity index (χ2n) is 4.57. The Bertz CT molecular complexity index is 541. The molecule has 0 fully saturated rings. The summed E-state index contributed by atoms with van der Waals surface area (Å²) >= 11 is 1.60. The van der Waals surface area contributed by atoms with Crippen LogP contribution in [0.2, 0.25) is 0 Å². The second kappa shape index (κ2) is 7.15. The standard InChI is InChI=1S/C17H19NOS/c1-3-18(2)17(19)16(14-10-6-4-7-11-14)20-15-12-8-5-9-13-15/h4-13,16H,3H2,1-2H3. The monoisotopic (exact) mass is 285 g/mol. The summed E-state index contributed by atoms with van der Waals surface area (Å²) in [4.78, 5) is 15.5. The number of amides is 1. The molecular formula is C17H19NOS. The van der Waals surface area contributed by atoms with Gasteiger partial charge in [-0.3, -0.25) is 4.79 Å². The quantitative estimate of drug-likeness (QED) is 0.774. The molecular weight excluding hydrogens is 266 g/mol. The summed E-state index contributed by atoms with van der Waals surface area (Å²) in [6.45, 7) is 2.71. The lowest BCUT2D eigenvalue weighted by atomic mass is 10.1. The van der Waals surface area contributed by atoms with Crippen LogP contribution >= 0.6 is 11.8 Å². The second-order valence-corrected chi connectivity index (χ2v) is 5.75. The Morgan fingerprint density at radius 1 is 1.05 bits per heavy atom. The minimum absolute atomic E-state index is 0.146. The van der Waals surface area contributed by atoms with Crippen molar-refractivity contribution in [1.29, 1.82) is 0 Å². The van der Waals surface area contributed by atoms with E-state index in [1.807, 2.05) is 74.6 Å². The van der Waals surface area contributed by atoms with E-state index in [-0.39, 0.29) is 11.2 Å². The van der Waals surface area contributed by atoms with Crippen LogP contribution in [0.25, 0.3) is 0 Å². The summed E-state index contributed by atoms with van der Waals surface area (Å²) < 4.78 is 0. The highest BCUT2D eigenvalue weighted by Gasteiger charge is 2.24. The van der Waals surface area contributed by atoms with Crippen molar-refractivity contribution in [2.75, 3.05) is 13.6 Å². The maximum absolute atomic E-state index is 12.6. The number of carbonyl (C=O) groups excluding carboxylic acids is 1. The Morgan fingerprint density at radius 3 is 2.15 bits per heavy atom. The molecule has 2 rings (SSSR count). The molecule has 0 aliphatic carbocycles. The fourth-order valence-corrected chi connectivity index (χ4v) is 3.04. The molecule has 1 atom stereocenters. The largest absolute Gasteiger partial charge is 0.345 e. The summed E-state index contributed by atoms with van der Waals surface area (Å²) in [7, 11) is 1.85. The van der Waals surface area contributed by atoms with Gasteiger partial charge in [-0.1, -0.05) is 48.5 Å². The van der Waals surface area contributed by atoms with E-state index in [1.165, 1.54) is 0 Å². The average molecular weight is 285 g/mol. The number of likely N-dealkylation sites (N-methyl/N-ethyl adjacent to an activating group) is 1. The summed E-state index contributed by atoms with van der Waals surface area (Å²) in [5, 5.41) is -0.191. The van der Waals surface area contributed by atoms with Gasteiger partial charge in [0.25, 0.3) is 0 Å². The zero-order valence-corrected chi connectivity index (χ0v) is 12.6. The summed E-state index contributed by atoms with van der Waals surface area (Å²) in [6, 6.07) is 20.0. The summed E-state index contributed by atoms with van der Waals surface area (Å²) in [5.41, 5.74) is 1.05. The minimum Gasteiger partial charge on any atom is -0.345 e. The number of hydrogen-bond acceptors (Lipinski definition) is 2. The molecule has 1 unspecified atom stereocenters. The minimum atomic E-state index is -0.191. The molecule has 104 valence electrons. The van der Waals surface area contributed by atoms with E-state index < -0.39 is 0 Å². The van der Waals surface area contributed by atoms with Crippen molar-refractivity contribution in [1.82, 2.24) is 4.90 Å². The maximum atomic E-state index is 12.6. The van der Waals surface area contributed by atoms with E-state index in [0.717, 1.165) is 17.0 Å². The van der Waals surface area contributed by atoms with Crippen molar-refractivity contribution in [2.45, 2.75) is 17.1 Å². The van der Waals surface area contributed by atoms with Crippen LogP contribution in [0, 0.1) is 0 Å². The first-order chi connectivity index (χ1) is 9.72. The Morgan fingerprint density at radius 2 is 1.60 bits per heavy atom. The van der Waals surface area contributed by atoms with Crippen LogP contribution in [0.1, 0.15) is 17.7 Å². The molecule has 0 spiro atoms. The molecule has 1 amide bonds. The molecule has 0 aromatic heterocycles. The molecule has 0 N–H and O–H groups in total. The van der Waals surface area contributed by atoms with Crippen molar-refractivity contribution in [2.24, 2.45) is 0 Å². The highest BCUT2D eigenvalue weighted by Crippen LogP contribution is 2.36. The van der Waals surface area contributed by atoms with Gasteiger partial charge in [0.15, 0.2) is 0 Å². The van der Waals surface area contributed by atoms with Gasteiger partial charge in [0.1, 0.15) is 5.25 Å². The van der Waals surface area contributed by atoms with Crippen molar-refractivity contribution < 1.29 is 4.79 Å². The third-order valence-electron chi connectivity index (χ3n) is 3.17. The SMILES string of the molecule is CCN(C)C(=O)C(Sc1ccccc1)c1ccccc1. The van der Waals surface area contributed by atoms with Crippen molar-refractivity contribution in [3.8, 4) is 0 Å². The lowest BCUT2D eigenvalue weighted by Gasteiger charge is -2.22. The maximum Gasteiger partial charge on any atom is 0.240 e. The summed E-state index contributed by atoms with van der Waals surface area (Å²) in [5.74, 6) is 0.146. The normalized spacial score (nSPS) is 11.9. The lowest BCUT2D eigenvalue weighted by molar-refractivity contribution is -0.129. The third-order valence-corrected chi connectivity index (χ3v) is 4.43. The molecule has 0 radical (unpaired) electrons. The molecule has 0 saturated carbocycles. The van der Waals surface area contributed by atoms with Crippen LogP contribution in [-0.2, 0) is 4.79 Å². The van der Waals surface area contributed by atoms with Crippen molar-refractivity contribution in [3.05, 3.63) is 66.2 Å². The van der Waals surface area contributed by atoms with Gasteiger partial charge in [-0.25, -0.2) is 0 Å². The van der Waals surface area contributed by atoms with E-state index in [9.17, 15) is 4.79 Å². The van der Waals surface area contributed by atoms with Gasteiger partial charge in [0, 0.05) is 18.5 Å². The molecule has 2 nitrogen and oxygen atoms in total. The van der Waals surface area contributed by atoms with Gasteiger partial charge < -0.3 is 4.90 Å². The first kappa shape index (κ1) is 14.7. The Balaban J connectivity index is 2.27. The highest BCUT2D eigenvalue weighted by molar-refractivity contribution is 8.00. The fourth-order valence-electron chi connectivity index (χ4n) is 1.88. The highest BCUT2D eigenvalue weighted by atomic mass is 32.2. The topological polar surface area (TPSA) is 20.3 Å².